The number of carbonyl (C=O) groups excluding carboxylic acids is 2. The van der Waals surface area contributed by atoms with Crippen molar-refractivity contribution in [1.29, 1.82) is 0 Å². The Morgan fingerprint density at radius 2 is 1.56 bits per heavy atom. The molecule has 1 aromatic heterocycles. The first-order valence-electron chi connectivity index (χ1n) is 12.5. The Hall–Kier alpha value is -4.19. The SMILES string of the molecule is O=C(NCCCc1ccccc1)c1ccc(N2CCN(C(=O)c3cccc4ccccc34)CC2)nc1. The molecule has 0 spiro atoms. The molecule has 36 heavy (non-hydrogen) atoms. The van der Waals surface area contributed by atoms with Crippen LogP contribution < -0.4 is 10.2 Å². The van der Waals surface area contributed by atoms with Crippen molar-refractivity contribution in [3.63, 3.8) is 0 Å². The van der Waals surface area contributed by atoms with Crippen molar-refractivity contribution in [2.75, 3.05) is 37.6 Å². The van der Waals surface area contributed by atoms with Crippen molar-refractivity contribution in [2.24, 2.45) is 0 Å². The number of nitrogens with one attached hydrogen (secondary N) is 1. The molecule has 1 aliphatic heterocycles. The lowest BCUT2D eigenvalue weighted by Crippen LogP contribution is -2.49. The molecule has 5 rings (SSSR count). The van der Waals surface area contributed by atoms with Gasteiger partial charge in [0, 0.05) is 44.5 Å². The first-order valence-corrected chi connectivity index (χ1v) is 12.5. The lowest BCUT2D eigenvalue weighted by molar-refractivity contribution is 0.0748. The standard InChI is InChI=1S/C30H30N4O2/c35-29(31-17-7-10-23-8-2-1-3-9-23)25-15-16-28(32-22-25)33-18-20-34(21-19-33)30(36)27-14-6-12-24-11-4-5-13-26(24)27/h1-6,8-9,11-16,22H,7,10,17-21H2,(H,31,35). The minimum Gasteiger partial charge on any atom is -0.353 e. The number of fused-ring (bicyclic) bond motifs is 1. The fourth-order valence-corrected chi connectivity index (χ4v) is 4.67. The molecule has 0 radical (unpaired) electrons. The van der Waals surface area contributed by atoms with Crippen molar-refractivity contribution in [3.8, 4) is 0 Å². The van der Waals surface area contributed by atoms with E-state index in [0.717, 1.165) is 35.0 Å². The fourth-order valence-electron chi connectivity index (χ4n) is 4.67. The number of benzene rings is 3. The molecule has 1 fully saturated rings. The highest BCUT2D eigenvalue weighted by Crippen LogP contribution is 2.21. The molecule has 0 bridgehead atoms. The summed E-state index contributed by atoms with van der Waals surface area (Å²) >= 11 is 0. The second-order valence-electron chi connectivity index (χ2n) is 9.06. The first-order chi connectivity index (χ1) is 17.7. The summed E-state index contributed by atoms with van der Waals surface area (Å²) in [5.74, 6) is 0.791. The van der Waals surface area contributed by atoms with Crippen molar-refractivity contribution < 1.29 is 9.59 Å². The van der Waals surface area contributed by atoms with E-state index in [1.165, 1.54) is 5.56 Å². The Balaban J connectivity index is 1.12. The maximum Gasteiger partial charge on any atom is 0.254 e. The summed E-state index contributed by atoms with van der Waals surface area (Å²) in [6, 6.07) is 27.9. The molecule has 182 valence electrons. The minimum absolute atomic E-state index is 0.0682. The van der Waals surface area contributed by atoms with Crippen LogP contribution in [0.2, 0.25) is 0 Å². The summed E-state index contributed by atoms with van der Waals surface area (Å²) in [4.78, 5) is 34.3. The molecule has 0 saturated carbocycles. The number of pyridine rings is 1. The molecule has 4 aromatic rings. The van der Waals surface area contributed by atoms with E-state index in [0.29, 0.717) is 38.3 Å². The van der Waals surface area contributed by atoms with Gasteiger partial charge in [0.05, 0.1) is 5.56 Å². The highest BCUT2D eigenvalue weighted by molar-refractivity contribution is 6.07. The molecule has 3 aromatic carbocycles. The van der Waals surface area contributed by atoms with Crippen LogP contribution >= 0.6 is 0 Å². The quantitative estimate of drug-likeness (QED) is 0.396. The third kappa shape index (κ3) is 5.38. The van der Waals surface area contributed by atoms with E-state index >= 15 is 0 Å². The Bertz CT molecular complexity index is 1320. The van der Waals surface area contributed by atoms with Gasteiger partial charge in [-0.05, 0) is 47.4 Å². The first kappa shape index (κ1) is 23.5. The van der Waals surface area contributed by atoms with Crippen LogP contribution in [-0.4, -0.2) is 54.4 Å². The van der Waals surface area contributed by atoms with Crippen LogP contribution in [0.15, 0.2) is 91.1 Å². The summed E-state index contributed by atoms with van der Waals surface area (Å²) in [5.41, 5.74) is 2.58. The number of rotatable bonds is 7. The smallest absolute Gasteiger partial charge is 0.254 e. The Kier molecular flexibility index (Phi) is 7.22. The molecule has 1 N–H and O–H groups in total. The van der Waals surface area contributed by atoms with Crippen LogP contribution in [0.3, 0.4) is 0 Å². The van der Waals surface area contributed by atoms with Gasteiger partial charge < -0.3 is 15.1 Å². The van der Waals surface area contributed by atoms with Gasteiger partial charge in [0.15, 0.2) is 0 Å². The molecule has 1 saturated heterocycles. The van der Waals surface area contributed by atoms with Crippen molar-refractivity contribution in [2.45, 2.75) is 12.8 Å². The molecule has 2 heterocycles. The highest BCUT2D eigenvalue weighted by atomic mass is 16.2. The second-order valence-corrected chi connectivity index (χ2v) is 9.06. The van der Waals surface area contributed by atoms with Gasteiger partial charge in [-0.2, -0.15) is 0 Å². The number of hydrogen-bond donors (Lipinski definition) is 1. The Morgan fingerprint density at radius 1 is 0.806 bits per heavy atom. The van der Waals surface area contributed by atoms with E-state index in [9.17, 15) is 9.59 Å². The molecule has 6 nitrogen and oxygen atoms in total. The lowest BCUT2D eigenvalue weighted by Gasteiger charge is -2.35. The lowest BCUT2D eigenvalue weighted by atomic mass is 10.0. The Labute approximate surface area is 211 Å². The van der Waals surface area contributed by atoms with E-state index in [1.54, 1.807) is 6.20 Å². The van der Waals surface area contributed by atoms with E-state index in [4.69, 9.17) is 0 Å². The zero-order valence-electron chi connectivity index (χ0n) is 20.3. The van der Waals surface area contributed by atoms with Gasteiger partial charge in [0.1, 0.15) is 5.82 Å². The van der Waals surface area contributed by atoms with Crippen LogP contribution in [0.4, 0.5) is 5.82 Å². The zero-order chi connectivity index (χ0) is 24.7. The van der Waals surface area contributed by atoms with E-state index in [-0.39, 0.29) is 11.8 Å². The van der Waals surface area contributed by atoms with Crippen molar-refractivity contribution >= 4 is 28.4 Å². The Morgan fingerprint density at radius 3 is 2.33 bits per heavy atom. The van der Waals surface area contributed by atoms with Gasteiger partial charge in [0.25, 0.3) is 11.8 Å². The molecule has 0 aliphatic carbocycles. The van der Waals surface area contributed by atoms with E-state index in [2.05, 4.69) is 27.3 Å². The number of aryl methyl sites for hydroxylation is 1. The van der Waals surface area contributed by atoms with Crippen molar-refractivity contribution in [1.82, 2.24) is 15.2 Å². The zero-order valence-corrected chi connectivity index (χ0v) is 20.3. The number of anilines is 1. The van der Waals surface area contributed by atoms with E-state index < -0.39 is 0 Å². The van der Waals surface area contributed by atoms with Gasteiger partial charge in [-0.25, -0.2) is 4.98 Å². The topological polar surface area (TPSA) is 65.5 Å². The third-order valence-electron chi connectivity index (χ3n) is 6.69. The summed E-state index contributed by atoms with van der Waals surface area (Å²) in [7, 11) is 0. The second kappa shape index (κ2) is 11.0. The predicted octanol–water partition coefficient (Wildman–Crippen LogP) is 4.56. The largest absolute Gasteiger partial charge is 0.353 e. The summed E-state index contributed by atoms with van der Waals surface area (Å²) in [5, 5.41) is 5.04. The minimum atomic E-state index is -0.104. The van der Waals surface area contributed by atoms with Crippen LogP contribution in [0, 0.1) is 0 Å². The number of nitrogens with zero attached hydrogens (tertiary/aromatic N) is 3. The molecule has 2 amide bonds. The van der Waals surface area contributed by atoms with Crippen LogP contribution in [0.25, 0.3) is 10.8 Å². The van der Waals surface area contributed by atoms with E-state index in [1.807, 2.05) is 77.7 Å². The van der Waals surface area contributed by atoms with Crippen molar-refractivity contribution in [3.05, 3.63) is 108 Å². The van der Waals surface area contributed by atoms with Crippen LogP contribution in [0.5, 0.6) is 0 Å². The van der Waals surface area contributed by atoms with Gasteiger partial charge >= 0.3 is 0 Å². The molecular weight excluding hydrogens is 448 g/mol. The molecular formula is C30H30N4O2. The maximum atomic E-state index is 13.2. The third-order valence-corrected chi connectivity index (χ3v) is 6.69. The molecule has 0 unspecified atom stereocenters. The number of hydrogen-bond acceptors (Lipinski definition) is 4. The average Bonchev–Trinajstić information content (AvgIpc) is 2.95. The highest BCUT2D eigenvalue weighted by Gasteiger charge is 2.24. The molecule has 6 heteroatoms. The summed E-state index contributed by atoms with van der Waals surface area (Å²) in [6.45, 7) is 3.30. The van der Waals surface area contributed by atoms with Gasteiger partial charge in [0.2, 0.25) is 0 Å². The maximum absolute atomic E-state index is 13.2. The molecule has 1 aliphatic rings. The fraction of sp³-hybridized carbons (Fsp3) is 0.233. The summed E-state index contributed by atoms with van der Waals surface area (Å²) < 4.78 is 0. The summed E-state index contributed by atoms with van der Waals surface area (Å²) in [6.07, 6.45) is 3.46. The number of aromatic nitrogens is 1. The van der Waals surface area contributed by atoms with Crippen LogP contribution in [-0.2, 0) is 6.42 Å². The van der Waals surface area contributed by atoms with Gasteiger partial charge in [-0.1, -0.05) is 66.7 Å². The number of piperazine rings is 1. The van der Waals surface area contributed by atoms with Crippen LogP contribution in [0.1, 0.15) is 32.7 Å². The number of amides is 2. The monoisotopic (exact) mass is 478 g/mol. The number of carbonyl (C=O) groups is 2. The average molecular weight is 479 g/mol. The molecule has 0 atom stereocenters. The predicted molar refractivity (Wildman–Crippen MR) is 143 cm³/mol. The normalized spacial score (nSPS) is 13.6. The van der Waals surface area contributed by atoms with Gasteiger partial charge in [-0.3, -0.25) is 9.59 Å². The van der Waals surface area contributed by atoms with Gasteiger partial charge in [-0.15, -0.1) is 0 Å².